The Morgan fingerprint density at radius 3 is 1.76 bits per heavy atom. The lowest BCUT2D eigenvalue weighted by molar-refractivity contribution is 0.413. The van der Waals surface area contributed by atoms with E-state index in [0.29, 0.717) is 0 Å². The molecule has 0 aliphatic heterocycles. The van der Waals surface area contributed by atoms with E-state index in [1.54, 1.807) is 7.11 Å². The van der Waals surface area contributed by atoms with Crippen LogP contribution in [0.25, 0.3) is 11.1 Å². The van der Waals surface area contributed by atoms with Crippen molar-refractivity contribution in [3.8, 4) is 22.6 Å². The molecule has 0 aliphatic carbocycles. The summed E-state index contributed by atoms with van der Waals surface area (Å²) in [6, 6.07) is 8.47. The van der Waals surface area contributed by atoms with Crippen molar-refractivity contribution in [1.29, 1.82) is 0 Å². The fraction of sp³-hybridized carbons (Fsp3) is 0.294. The van der Waals surface area contributed by atoms with Gasteiger partial charge in [0.05, 0.1) is 7.11 Å². The quantitative estimate of drug-likeness (QED) is 0.670. The number of rotatable bonds is 4. The molecule has 1 unspecified atom stereocenters. The summed E-state index contributed by atoms with van der Waals surface area (Å²) in [6.07, 6.45) is 0. The number of methoxy groups -OCH3 is 1. The molecule has 0 saturated carbocycles. The first-order chi connectivity index (χ1) is 9.97. The highest BCUT2D eigenvalue weighted by atomic mass is 35.7. The minimum atomic E-state index is -0.107. The maximum absolute atomic E-state index is 5.82. The van der Waals surface area contributed by atoms with E-state index < -0.39 is 0 Å². The Balaban J connectivity index is 2.77. The standard InChI is InChI=1S/C17H20ClO2P/c1-10-6-12(3)16(19-5)14(8-10)15-9-11(2)7-13(4)17(15)20-21-18/h6-9,21H,1-5H3. The van der Waals surface area contributed by atoms with Gasteiger partial charge in [-0.25, -0.2) is 0 Å². The lowest BCUT2D eigenvalue weighted by Gasteiger charge is -2.18. The number of hydrogen-bond donors (Lipinski definition) is 0. The van der Waals surface area contributed by atoms with E-state index >= 15 is 0 Å². The van der Waals surface area contributed by atoms with Gasteiger partial charge < -0.3 is 9.26 Å². The number of halogens is 1. The third kappa shape index (κ3) is 3.33. The molecule has 2 aromatic rings. The Bertz CT molecular complexity index is 668. The van der Waals surface area contributed by atoms with E-state index in [-0.39, 0.29) is 8.16 Å². The Kier molecular flexibility index (Phi) is 5.13. The van der Waals surface area contributed by atoms with Crippen molar-refractivity contribution in [3.05, 3.63) is 46.5 Å². The van der Waals surface area contributed by atoms with Crippen molar-refractivity contribution < 1.29 is 9.26 Å². The first-order valence-electron chi connectivity index (χ1n) is 6.77. The molecule has 0 saturated heterocycles. The molecule has 2 aromatic carbocycles. The van der Waals surface area contributed by atoms with Crippen LogP contribution >= 0.6 is 19.4 Å². The predicted octanol–water partition coefficient (Wildman–Crippen LogP) is 5.72. The van der Waals surface area contributed by atoms with Gasteiger partial charge in [-0.15, -0.1) is 0 Å². The molecular weight excluding hydrogens is 303 g/mol. The van der Waals surface area contributed by atoms with Crippen LogP contribution in [0.2, 0.25) is 0 Å². The molecule has 0 heterocycles. The summed E-state index contributed by atoms with van der Waals surface area (Å²) in [7, 11) is 1.60. The molecule has 4 heteroatoms. The normalized spacial score (nSPS) is 11.1. The largest absolute Gasteiger partial charge is 0.496 e. The van der Waals surface area contributed by atoms with E-state index in [1.807, 2.05) is 6.92 Å². The number of ether oxygens (including phenoxy) is 1. The molecule has 2 nitrogen and oxygen atoms in total. The molecule has 0 N–H and O–H groups in total. The van der Waals surface area contributed by atoms with Gasteiger partial charge in [0.1, 0.15) is 11.5 Å². The fourth-order valence-corrected chi connectivity index (χ4v) is 3.33. The fourth-order valence-electron chi connectivity index (χ4n) is 2.75. The van der Waals surface area contributed by atoms with Gasteiger partial charge in [-0.1, -0.05) is 23.4 Å². The average Bonchev–Trinajstić information content (AvgIpc) is 2.40. The summed E-state index contributed by atoms with van der Waals surface area (Å²) in [6.45, 7) is 8.26. The van der Waals surface area contributed by atoms with Gasteiger partial charge in [0, 0.05) is 11.1 Å². The van der Waals surface area contributed by atoms with Gasteiger partial charge in [0.25, 0.3) is 0 Å². The zero-order chi connectivity index (χ0) is 15.6. The van der Waals surface area contributed by atoms with Crippen LogP contribution in [0.15, 0.2) is 24.3 Å². The van der Waals surface area contributed by atoms with Crippen LogP contribution in [0, 0.1) is 27.7 Å². The van der Waals surface area contributed by atoms with Gasteiger partial charge in [-0.2, -0.15) is 0 Å². The van der Waals surface area contributed by atoms with E-state index in [0.717, 1.165) is 33.8 Å². The Hall–Kier alpha value is -1.24. The smallest absolute Gasteiger partial charge is 0.168 e. The van der Waals surface area contributed by atoms with Crippen molar-refractivity contribution in [2.45, 2.75) is 27.7 Å². The summed E-state index contributed by atoms with van der Waals surface area (Å²) in [5.74, 6) is 1.71. The van der Waals surface area contributed by atoms with Crippen molar-refractivity contribution in [3.63, 3.8) is 0 Å². The molecule has 0 fully saturated rings. The van der Waals surface area contributed by atoms with Crippen molar-refractivity contribution >= 4 is 19.4 Å². The van der Waals surface area contributed by atoms with Gasteiger partial charge in [-0.05, 0) is 62.1 Å². The lowest BCUT2D eigenvalue weighted by atomic mass is 9.95. The number of hydrogen-bond acceptors (Lipinski definition) is 2. The topological polar surface area (TPSA) is 18.5 Å². The number of aryl methyl sites for hydroxylation is 4. The maximum atomic E-state index is 5.82. The van der Waals surface area contributed by atoms with Crippen LogP contribution in [-0.4, -0.2) is 7.11 Å². The van der Waals surface area contributed by atoms with E-state index in [9.17, 15) is 0 Å². The third-order valence-corrected chi connectivity index (χ3v) is 3.99. The molecule has 2 rings (SSSR count). The Morgan fingerprint density at radius 1 is 0.810 bits per heavy atom. The van der Waals surface area contributed by atoms with Gasteiger partial charge in [0.2, 0.25) is 0 Å². The highest BCUT2D eigenvalue weighted by Crippen LogP contribution is 2.43. The lowest BCUT2D eigenvalue weighted by Crippen LogP contribution is -1.96. The van der Waals surface area contributed by atoms with E-state index in [1.165, 1.54) is 11.1 Å². The molecule has 0 bridgehead atoms. The number of benzene rings is 2. The molecule has 0 aliphatic rings. The second-order valence-corrected chi connectivity index (χ2v) is 6.12. The summed E-state index contributed by atoms with van der Waals surface area (Å²) < 4.78 is 11.3. The zero-order valence-electron chi connectivity index (χ0n) is 13.0. The Morgan fingerprint density at radius 2 is 1.29 bits per heavy atom. The predicted molar refractivity (Wildman–Crippen MR) is 92.2 cm³/mol. The molecule has 0 amide bonds. The minimum Gasteiger partial charge on any atom is -0.496 e. The summed E-state index contributed by atoms with van der Waals surface area (Å²) in [5, 5.41) is 0. The first kappa shape index (κ1) is 16.1. The highest BCUT2D eigenvalue weighted by molar-refractivity contribution is 7.64. The monoisotopic (exact) mass is 322 g/mol. The SMILES string of the molecule is COc1c(C)cc(C)cc1-c1cc(C)cc(C)c1OPCl. The summed E-state index contributed by atoms with van der Waals surface area (Å²) in [4.78, 5) is 0. The van der Waals surface area contributed by atoms with Gasteiger partial charge >= 0.3 is 0 Å². The minimum absolute atomic E-state index is 0.107. The molecule has 112 valence electrons. The van der Waals surface area contributed by atoms with Crippen LogP contribution in [0.1, 0.15) is 22.3 Å². The van der Waals surface area contributed by atoms with Crippen molar-refractivity contribution in [2.75, 3.05) is 7.11 Å². The molecule has 1 atom stereocenters. The highest BCUT2D eigenvalue weighted by Gasteiger charge is 2.16. The second-order valence-electron chi connectivity index (χ2n) is 5.30. The molecule has 0 radical (unpaired) electrons. The molecule has 0 aromatic heterocycles. The zero-order valence-corrected chi connectivity index (χ0v) is 14.8. The maximum Gasteiger partial charge on any atom is 0.168 e. The van der Waals surface area contributed by atoms with Gasteiger partial charge in [0.15, 0.2) is 8.16 Å². The van der Waals surface area contributed by atoms with Crippen molar-refractivity contribution in [1.82, 2.24) is 0 Å². The third-order valence-electron chi connectivity index (χ3n) is 3.47. The molecule has 0 spiro atoms. The van der Waals surface area contributed by atoms with E-state index in [2.05, 4.69) is 45.0 Å². The van der Waals surface area contributed by atoms with Crippen LogP contribution < -0.4 is 9.26 Å². The summed E-state index contributed by atoms with van der Waals surface area (Å²) in [5.41, 5.74) is 6.66. The average molecular weight is 323 g/mol. The van der Waals surface area contributed by atoms with Gasteiger partial charge in [-0.3, -0.25) is 0 Å². The first-order valence-corrected chi connectivity index (χ1v) is 8.69. The second kappa shape index (κ2) is 6.68. The molecule has 21 heavy (non-hydrogen) atoms. The van der Waals surface area contributed by atoms with E-state index in [4.69, 9.17) is 20.5 Å². The van der Waals surface area contributed by atoms with Crippen LogP contribution in [0.4, 0.5) is 0 Å². The Labute approximate surface area is 133 Å². The molecular formula is C17H20ClO2P. The van der Waals surface area contributed by atoms with Crippen LogP contribution in [0.5, 0.6) is 11.5 Å². The van der Waals surface area contributed by atoms with Crippen molar-refractivity contribution in [2.24, 2.45) is 0 Å². The summed E-state index contributed by atoms with van der Waals surface area (Å²) >= 11 is 5.82. The van der Waals surface area contributed by atoms with Crippen LogP contribution in [-0.2, 0) is 0 Å². The van der Waals surface area contributed by atoms with Crippen LogP contribution in [0.3, 0.4) is 0 Å².